The number of nitrogens with zero attached hydrogens (tertiary/aromatic N) is 1. The minimum absolute atomic E-state index is 0.0754. The van der Waals surface area contributed by atoms with Crippen molar-refractivity contribution in [1.82, 2.24) is 4.98 Å². The molecule has 0 spiro atoms. The Morgan fingerprint density at radius 1 is 1.59 bits per heavy atom. The average molecular weight is 259 g/mol. The summed E-state index contributed by atoms with van der Waals surface area (Å²) < 4.78 is 27.9. The maximum absolute atomic E-state index is 11.5. The predicted molar refractivity (Wildman–Crippen MR) is 58.5 cm³/mol. The topological polar surface area (TPSA) is 97.5 Å². The lowest BCUT2D eigenvalue weighted by molar-refractivity contribution is -0.136. The van der Waals surface area contributed by atoms with Crippen molar-refractivity contribution in [2.75, 3.05) is 11.5 Å². The SMILES string of the molecule is O=C(O)Cc1nc(C2CCCS(=O)(=O)C2)co1. The second kappa shape index (κ2) is 4.48. The number of sulfone groups is 1. The van der Waals surface area contributed by atoms with Gasteiger partial charge < -0.3 is 9.52 Å². The Morgan fingerprint density at radius 3 is 3.00 bits per heavy atom. The number of hydrogen-bond donors (Lipinski definition) is 1. The van der Waals surface area contributed by atoms with Gasteiger partial charge in [0, 0.05) is 5.92 Å². The molecule has 0 bridgehead atoms. The van der Waals surface area contributed by atoms with Crippen LogP contribution in [0.1, 0.15) is 30.3 Å². The van der Waals surface area contributed by atoms with E-state index in [1.54, 1.807) is 0 Å². The maximum atomic E-state index is 11.5. The van der Waals surface area contributed by atoms with E-state index in [1.807, 2.05) is 0 Å². The number of carbonyl (C=O) groups is 1. The summed E-state index contributed by atoms with van der Waals surface area (Å²) in [6.07, 6.45) is 2.45. The molecule has 6 nitrogen and oxygen atoms in total. The van der Waals surface area contributed by atoms with Crippen LogP contribution in [0.3, 0.4) is 0 Å². The van der Waals surface area contributed by atoms with Gasteiger partial charge in [-0.2, -0.15) is 0 Å². The Kier molecular flexibility index (Phi) is 3.19. The van der Waals surface area contributed by atoms with Crippen molar-refractivity contribution < 1.29 is 22.7 Å². The lowest BCUT2D eigenvalue weighted by Crippen LogP contribution is -2.23. The van der Waals surface area contributed by atoms with Crippen molar-refractivity contribution in [3.05, 3.63) is 17.8 Å². The Bertz CT molecular complexity index is 519. The van der Waals surface area contributed by atoms with Gasteiger partial charge in [0.05, 0.1) is 17.2 Å². The van der Waals surface area contributed by atoms with Gasteiger partial charge in [-0.05, 0) is 12.8 Å². The molecule has 94 valence electrons. The Labute approximate surface area is 98.6 Å². The van der Waals surface area contributed by atoms with E-state index in [4.69, 9.17) is 9.52 Å². The molecule has 2 rings (SSSR count). The summed E-state index contributed by atoms with van der Waals surface area (Å²) in [7, 11) is -2.99. The van der Waals surface area contributed by atoms with Gasteiger partial charge in [-0.3, -0.25) is 4.79 Å². The first kappa shape index (κ1) is 12.1. The highest BCUT2D eigenvalue weighted by molar-refractivity contribution is 7.91. The largest absolute Gasteiger partial charge is 0.481 e. The van der Waals surface area contributed by atoms with Gasteiger partial charge in [-0.15, -0.1) is 0 Å². The van der Waals surface area contributed by atoms with Crippen LogP contribution in [0.15, 0.2) is 10.7 Å². The molecular weight excluding hydrogens is 246 g/mol. The number of hydrogen-bond acceptors (Lipinski definition) is 5. The van der Waals surface area contributed by atoms with Crippen LogP contribution in [-0.4, -0.2) is 36.0 Å². The lowest BCUT2D eigenvalue weighted by atomic mass is 10.0. The molecule has 1 saturated heterocycles. The monoisotopic (exact) mass is 259 g/mol. The van der Waals surface area contributed by atoms with E-state index in [9.17, 15) is 13.2 Å². The molecule has 0 saturated carbocycles. The second-order valence-corrected chi connectivity index (χ2v) is 6.42. The summed E-state index contributed by atoms with van der Waals surface area (Å²) in [4.78, 5) is 14.5. The molecular formula is C10H13NO5S. The minimum Gasteiger partial charge on any atom is -0.481 e. The average Bonchev–Trinajstić information content (AvgIpc) is 2.63. The van der Waals surface area contributed by atoms with Crippen LogP contribution in [0.4, 0.5) is 0 Å². The normalized spacial score (nSPS) is 23.4. The third-order valence-electron chi connectivity index (χ3n) is 2.75. The first-order valence-electron chi connectivity index (χ1n) is 5.33. The predicted octanol–water partition coefficient (Wildman–Crippen LogP) is 0.594. The molecule has 7 heteroatoms. The Morgan fingerprint density at radius 2 is 2.35 bits per heavy atom. The number of aromatic nitrogens is 1. The molecule has 2 heterocycles. The standard InChI is InChI=1S/C10H13NO5S/c12-10(13)4-9-11-8(5-16-9)7-2-1-3-17(14,15)6-7/h5,7H,1-4,6H2,(H,12,13). The van der Waals surface area contributed by atoms with E-state index in [1.165, 1.54) is 6.26 Å². The summed E-state index contributed by atoms with van der Waals surface area (Å²) in [5.41, 5.74) is 0.546. The smallest absolute Gasteiger partial charge is 0.312 e. The Balaban J connectivity index is 2.12. The lowest BCUT2D eigenvalue weighted by Gasteiger charge is -2.19. The van der Waals surface area contributed by atoms with Crippen molar-refractivity contribution >= 4 is 15.8 Å². The molecule has 1 aliphatic heterocycles. The van der Waals surface area contributed by atoms with Crippen LogP contribution in [0.2, 0.25) is 0 Å². The van der Waals surface area contributed by atoms with Gasteiger partial charge in [0.2, 0.25) is 5.89 Å². The maximum Gasteiger partial charge on any atom is 0.312 e. The van der Waals surface area contributed by atoms with E-state index >= 15 is 0 Å². The molecule has 1 unspecified atom stereocenters. The minimum atomic E-state index is -2.99. The Hall–Kier alpha value is -1.37. The molecule has 1 aromatic heterocycles. The number of carboxylic acid groups (broad SMARTS) is 1. The van der Waals surface area contributed by atoms with E-state index in [0.29, 0.717) is 12.1 Å². The van der Waals surface area contributed by atoms with Crippen LogP contribution in [0, 0.1) is 0 Å². The summed E-state index contributed by atoms with van der Waals surface area (Å²) in [6.45, 7) is 0. The van der Waals surface area contributed by atoms with Gasteiger partial charge in [-0.1, -0.05) is 0 Å². The fourth-order valence-electron chi connectivity index (χ4n) is 1.98. The number of carboxylic acids is 1. The molecule has 0 aliphatic carbocycles. The van der Waals surface area contributed by atoms with Gasteiger partial charge in [-0.25, -0.2) is 13.4 Å². The number of rotatable bonds is 3. The quantitative estimate of drug-likeness (QED) is 0.853. The zero-order valence-corrected chi connectivity index (χ0v) is 9.94. The fraction of sp³-hybridized carbons (Fsp3) is 0.600. The molecule has 0 amide bonds. The van der Waals surface area contributed by atoms with Gasteiger partial charge >= 0.3 is 5.97 Å². The van der Waals surface area contributed by atoms with Crippen molar-refractivity contribution in [2.24, 2.45) is 0 Å². The van der Waals surface area contributed by atoms with E-state index in [0.717, 1.165) is 6.42 Å². The van der Waals surface area contributed by atoms with Crippen molar-refractivity contribution in [3.63, 3.8) is 0 Å². The van der Waals surface area contributed by atoms with E-state index in [-0.39, 0.29) is 29.7 Å². The first-order valence-corrected chi connectivity index (χ1v) is 7.15. The van der Waals surface area contributed by atoms with Crippen LogP contribution in [0.5, 0.6) is 0 Å². The van der Waals surface area contributed by atoms with Gasteiger partial charge in [0.15, 0.2) is 9.84 Å². The van der Waals surface area contributed by atoms with Crippen molar-refractivity contribution in [2.45, 2.75) is 25.2 Å². The summed E-state index contributed by atoms with van der Waals surface area (Å²) in [6, 6.07) is 0. The molecule has 1 atom stereocenters. The van der Waals surface area contributed by atoms with E-state index in [2.05, 4.69) is 4.98 Å². The summed E-state index contributed by atoms with van der Waals surface area (Å²) >= 11 is 0. The molecule has 1 aromatic rings. The summed E-state index contributed by atoms with van der Waals surface area (Å²) in [5, 5.41) is 8.57. The molecule has 17 heavy (non-hydrogen) atoms. The third-order valence-corrected chi connectivity index (χ3v) is 4.57. The highest BCUT2D eigenvalue weighted by atomic mass is 32.2. The number of aliphatic carboxylic acids is 1. The van der Waals surface area contributed by atoms with Crippen LogP contribution in [0.25, 0.3) is 0 Å². The zero-order valence-electron chi connectivity index (χ0n) is 9.13. The van der Waals surface area contributed by atoms with Crippen LogP contribution >= 0.6 is 0 Å². The fourth-order valence-corrected chi connectivity index (χ4v) is 3.70. The van der Waals surface area contributed by atoms with Gasteiger partial charge in [0.1, 0.15) is 12.7 Å². The molecule has 1 fully saturated rings. The summed E-state index contributed by atoms with van der Waals surface area (Å²) in [5.74, 6) is -0.764. The van der Waals surface area contributed by atoms with Gasteiger partial charge in [0.25, 0.3) is 0 Å². The molecule has 1 aliphatic rings. The first-order chi connectivity index (χ1) is 7.96. The van der Waals surface area contributed by atoms with Crippen molar-refractivity contribution in [3.8, 4) is 0 Å². The number of oxazole rings is 1. The van der Waals surface area contributed by atoms with E-state index < -0.39 is 15.8 Å². The second-order valence-electron chi connectivity index (χ2n) is 4.19. The zero-order chi connectivity index (χ0) is 12.5. The van der Waals surface area contributed by atoms with Crippen molar-refractivity contribution in [1.29, 1.82) is 0 Å². The van der Waals surface area contributed by atoms with Crippen LogP contribution < -0.4 is 0 Å². The molecule has 0 aromatic carbocycles. The highest BCUT2D eigenvalue weighted by Crippen LogP contribution is 2.27. The van der Waals surface area contributed by atoms with Crippen LogP contribution in [-0.2, 0) is 21.1 Å². The molecule has 1 N–H and O–H groups in total. The molecule has 0 radical (unpaired) electrons. The highest BCUT2D eigenvalue weighted by Gasteiger charge is 2.28. The third kappa shape index (κ3) is 3.06.